The number of carbonyl (C=O) groups excluding carboxylic acids is 2. The minimum Gasteiger partial charge on any atom is -0.493 e. The Hall–Kier alpha value is -4.39. The minimum absolute atomic E-state index is 0.0187. The zero-order chi connectivity index (χ0) is 34.2. The average Bonchev–Trinajstić information content (AvgIpc) is 3.04. The van der Waals surface area contributed by atoms with Crippen molar-refractivity contribution in [1.29, 1.82) is 0 Å². The number of hydrogen-bond donors (Lipinski definition) is 1. The number of halogens is 4. The number of methoxy groups -OCH3 is 1. The molecule has 1 saturated heterocycles. The summed E-state index contributed by atoms with van der Waals surface area (Å²) in [6, 6.07) is 4.38. The third-order valence-corrected chi connectivity index (χ3v) is 8.99. The molecule has 3 heterocycles. The van der Waals surface area contributed by atoms with E-state index in [4.69, 9.17) is 14.2 Å². The summed E-state index contributed by atoms with van der Waals surface area (Å²) < 4.78 is 74.1. The first kappa shape index (κ1) is 34.0. The van der Waals surface area contributed by atoms with Crippen molar-refractivity contribution in [3.05, 3.63) is 80.0 Å². The number of alkyl halides is 3. The molecule has 2 aliphatic rings. The van der Waals surface area contributed by atoms with Crippen LogP contribution < -0.4 is 20.5 Å². The van der Waals surface area contributed by atoms with E-state index >= 15 is 4.39 Å². The van der Waals surface area contributed by atoms with Crippen molar-refractivity contribution in [2.24, 2.45) is 7.05 Å². The van der Waals surface area contributed by atoms with Crippen LogP contribution in [0.5, 0.6) is 5.75 Å². The van der Waals surface area contributed by atoms with E-state index in [2.05, 4.69) is 5.32 Å². The molecule has 0 bridgehead atoms. The lowest BCUT2D eigenvalue weighted by atomic mass is 9.90. The van der Waals surface area contributed by atoms with Gasteiger partial charge in [-0.15, -0.1) is 0 Å². The van der Waals surface area contributed by atoms with Crippen LogP contribution >= 0.6 is 0 Å². The number of fused-ring (bicyclic) bond motifs is 1. The number of aryl methyl sites for hydroxylation is 2. The highest BCUT2D eigenvalue weighted by atomic mass is 19.4. The Morgan fingerprint density at radius 3 is 2.51 bits per heavy atom. The number of nitrogens with one attached hydrogen (secondary N) is 1. The molecule has 1 aromatic heterocycles. The van der Waals surface area contributed by atoms with Crippen LogP contribution in [0, 0.1) is 26.6 Å². The molecule has 0 radical (unpaired) electrons. The summed E-state index contributed by atoms with van der Waals surface area (Å²) in [5.41, 5.74) is 3.83. The molecule has 252 valence electrons. The maximum atomic E-state index is 15.5. The van der Waals surface area contributed by atoms with Gasteiger partial charge in [0, 0.05) is 37.0 Å². The second-order valence-electron chi connectivity index (χ2n) is 11.9. The minimum atomic E-state index is -4.61. The molecule has 0 aliphatic carbocycles. The smallest absolute Gasteiger partial charge is 0.411 e. The summed E-state index contributed by atoms with van der Waals surface area (Å²) in [5.74, 6) is -2.19. The first-order valence-electron chi connectivity index (χ1n) is 15.3. The van der Waals surface area contributed by atoms with E-state index in [-0.39, 0.29) is 36.4 Å². The van der Waals surface area contributed by atoms with E-state index in [0.29, 0.717) is 41.9 Å². The summed E-state index contributed by atoms with van der Waals surface area (Å²) in [4.78, 5) is 40.6. The molecular formula is C34H37F4N3O6. The second-order valence-corrected chi connectivity index (χ2v) is 11.9. The van der Waals surface area contributed by atoms with Gasteiger partial charge in [-0.3, -0.25) is 9.59 Å². The first-order chi connectivity index (χ1) is 22.2. The Morgan fingerprint density at radius 1 is 1.09 bits per heavy atom. The molecule has 2 aromatic carbocycles. The topological polar surface area (TPSA) is 99.1 Å². The van der Waals surface area contributed by atoms with Gasteiger partial charge in [0.1, 0.15) is 23.7 Å². The molecule has 0 spiro atoms. The van der Waals surface area contributed by atoms with Crippen LogP contribution in [-0.2, 0) is 34.2 Å². The number of pyridine rings is 1. The summed E-state index contributed by atoms with van der Waals surface area (Å²) in [7, 11) is 2.87. The molecule has 1 fully saturated rings. The van der Waals surface area contributed by atoms with Crippen molar-refractivity contribution in [3.8, 4) is 16.9 Å². The number of rotatable bonds is 7. The van der Waals surface area contributed by atoms with Crippen LogP contribution in [0.1, 0.15) is 44.7 Å². The van der Waals surface area contributed by atoms with Gasteiger partial charge >= 0.3 is 12.1 Å². The lowest BCUT2D eigenvalue weighted by molar-refractivity contribution is -0.167. The fourth-order valence-electron chi connectivity index (χ4n) is 6.26. The fraction of sp³-hybridized carbons (Fsp3) is 0.441. The highest BCUT2D eigenvalue weighted by molar-refractivity contribution is 5.98. The van der Waals surface area contributed by atoms with Crippen LogP contribution in [-0.4, -0.2) is 68.2 Å². The first-order valence-corrected chi connectivity index (χ1v) is 15.3. The Balaban J connectivity index is 1.45. The number of ether oxygens (including phenoxy) is 3. The van der Waals surface area contributed by atoms with Crippen LogP contribution in [0.3, 0.4) is 0 Å². The average molecular weight is 660 g/mol. The van der Waals surface area contributed by atoms with Gasteiger partial charge in [-0.25, -0.2) is 9.18 Å². The van der Waals surface area contributed by atoms with Crippen molar-refractivity contribution in [3.63, 3.8) is 0 Å². The molecule has 1 N–H and O–H groups in total. The summed E-state index contributed by atoms with van der Waals surface area (Å²) in [6.07, 6.45) is -3.33. The number of benzene rings is 2. The molecule has 3 aromatic rings. The summed E-state index contributed by atoms with van der Waals surface area (Å²) >= 11 is 0. The van der Waals surface area contributed by atoms with E-state index in [1.807, 2.05) is 19.9 Å². The monoisotopic (exact) mass is 659 g/mol. The third kappa shape index (κ3) is 6.71. The van der Waals surface area contributed by atoms with Gasteiger partial charge in [0.2, 0.25) is 0 Å². The molecule has 2 aliphatic heterocycles. The molecule has 5 rings (SSSR count). The summed E-state index contributed by atoms with van der Waals surface area (Å²) in [5, 5.41) is 2.57. The molecule has 9 nitrogen and oxygen atoms in total. The van der Waals surface area contributed by atoms with Gasteiger partial charge in [-0.05, 0) is 74.1 Å². The lowest BCUT2D eigenvalue weighted by Gasteiger charge is -2.38. The van der Waals surface area contributed by atoms with Crippen LogP contribution in [0.4, 0.5) is 23.2 Å². The highest BCUT2D eigenvalue weighted by Crippen LogP contribution is 2.38. The van der Waals surface area contributed by atoms with Crippen molar-refractivity contribution in [2.45, 2.75) is 58.3 Å². The van der Waals surface area contributed by atoms with Gasteiger partial charge < -0.3 is 29.0 Å². The Morgan fingerprint density at radius 2 is 1.83 bits per heavy atom. The molecule has 2 atom stereocenters. The Labute approximate surface area is 269 Å². The van der Waals surface area contributed by atoms with Crippen molar-refractivity contribution >= 4 is 17.6 Å². The predicted octanol–water partition coefficient (Wildman–Crippen LogP) is 4.72. The molecule has 13 heteroatoms. The fourth-order valence-corrected chi connectivity index (χ4v) is 6.26. The lowest BCUT2D eigenvalue weighted by Crippen LogP contribution is -2.53. The number of morpholine rings is 1. The van der Waals surface area contributed by atoms with E-state index in [9.17, 15) is 27.6 Å². The number of esters is 1. The van der Waals surface area contributed by atoms with Crippen molar-refractivity contribution < 1.29 is 41.4 Å². The SMILES string of the molecule is COC(=O)[C@H](Cc1ccc(-c2cc(C)c(C)n(C)c2=O)c2c1CCCO2)NC(=O)c1c(C)cc(N2CCOC[C@@H]2C(F)(F)F)cc1F. The zero-order valence-electron chi connectivity index (χ0n) is 26.8. The summed E-state index contributed by atoms with van der Waals surface area (Å²) in [6.45, 7) is 4.98. The molecule has 0 unspecified atom stereocenters. The Bertz CT molecular complexity index is 1750. The second kappa shape index (κ2) is 13.4. The number of amides is 1. The number of anilines is 1. The van der Waals surface area contributed by atoms with E-state index in [1.165, 1.54) is 20.1 Å². The maximum Gasteiger partial charge on any atom is 0.411 e. The molecular weight excluding hydrogens is 622 g/mol. The number of hydrogen-bond acceptors (Lipinski definition) is 7. The predicted molar refractivity (Wildman–Crippen MR) is 167 cm³/mol. The van der Waals surface area contributed by atoms with Gasteiger partial charge in [-0.1, -0.05) is 12.1 Å². The van der Waals surface area contributed by atoms with E-state index < -0.39 is 48.1 Å². The number of carbonyl (C=O) groups is 2. The normalized spacial score (nSPS) is 17.0. The van der Waals surface area contributed by atoms with Gasteiger partial charge in [0.15, 0.2) is 0 Å². The largest absolute Gasteiger partial charge is 0.493 e. The van der Waals surface area contributed by atoms with E-state index in [0.717, 1.165) is 27.8 Å². The van der Waals surface area contributed by atoms with Gasteiger partial charge in [0.05, 0.1) is 38.1 Å². The highest BCUT2D eigenvalue weighted by Gasteiger charge is 2.45. The zero-order valence-corrected chi connectivity index (χ0v) is 26.8. The number of nitrogens with zero attached hydrogens (tertiary/aromatic N) is 2. The Kier molecular flexibility index (Phi) is 9.67. The van der Waals surface area contributed by atoms with E-state index in [1.54, 1.807) is 23.7 Å². The van der Waals surface area contributed by atoms with Crippen LogP contribution in [0.2, 0.25) is 0 Å². The third-order valence-electron chi connectivity index (χ3n) is 8.99. The standard InChI is InChI=1S/C34H37F4N3O6/c1-18-14-25(32(43)40(4)20(18)3)24-9-8-21(23-7-6-11-47-30(23)24)15-27(33(44)45-5)39-31(42)29-19(2)13-22(16-26(29)35)41-10-12-46-17-28(41)34(36,37)38/h8-9,13-14,16,27-28H,6-7,10-12,15,17H2,1-5H3,(H,39,42)/t27-,28+/m0/s1. The van der Waals surface area contributed by atoms with Crippen LogP contribution in [0.15, 0.2) is 35.1 Å². The van der Waals surface area contributed by atoms with Crippen molar-refractivity contribution in [2.75, 3.05) is 38.4 Å². The van der Waals surface area contributed by atoms with Crippen molar-refractivity contribution in [1.82, 2.24) is 9.88 Å². The molecule has 47 heavy (non-hydrogen) atoms. The molecule has 0 saturated carbocycles. The quantitative estimate of drug-likeness (QED) is 0.290. The number of aromatic nitrogens is 1. The van der Waals surface area contributed by atoms with Gasteiger partial charge in [-0.2, -0.15) is 13.2 Å². The molecule has 1 amide bonds. The van der Waals surface area contributed by atoms with Gasteiger partial charge in [0.25, 0.3) is 11.5 Å². The van der Waals surface area contributed by atoms with Crippen LogP contribution in [0.25, 0.3) is 11.1 Å². The maximum absolute atomic E-state index is 15.5.